The summed E-state index contributed by atoms with van der Waals surface area (Å²) in [5, 5.41) is 3.82. The third-order valence-corrected chi connectivity index (χ3v) is 3.16. The number of aromatic nitrogens is 1. The molecule has 4 heteroatoms. The maximum atomic E-state index is 12.6. The second-order valence-corrected chi connectivity index (χ2v) is 4.84. The monoisotopic (exact) mass is 294 g/mol. The molecular formula is C18H18N2O2. The maximum Gasteiger partial charge on any atom is 0.260 e. The van der Waals surface area contributed by atoms with Crippen LogP contribution in [0.3, 0.4) is 0 Å². The first-order valence-electron chi connectivity index (χ1n) is 7.00. The quantitative estimate of drug-likeness (QED) is 0.643. The van der Waals surface area contributed by atoms with E-state index in [-0.39, 0.29) is 5.91 Å². The molecule has 2 rings (SSSR count). The van der Waals surface area contributed by atoms with E-state index in [0.29, 0.717) is 30.1 Å². The summed E-state index contributed by atoms with van der Waals surface area (Å²) >= 11 is 0. The van der Waals surface area contributed by atoms with Crippen LogP contribution in [0.2, 0.25) is 0 Å². The van der Waals surface area contributed by atoms with Crippen molar-refractivity contribution >= 4 is 5.91 Å². The molecule has 0 N–H and O–H groups in total. The van der Waals surface area contributed by atoms with Crippen molar-refractivity contribution in [2.24, 2.45) is 0 Å². The summed E-state index contributed by atoms with van der Waals surface area (Å²) in [5.74, 6) is 6.45. The highest BCUT2D eigenvalue weighted by Gasteiger charge is 2.22. The normalized spacial score (nSPS) is 9.73. The highest BCUT2D eigenvalue weighted by molar-refractivity contribution is 5.96. The third kappa shape index (κ3) is 3.64. The Bertz CT molecular complexity index is 701. The lowest BCUT2D eigenvalue weighted by molar-refractivity contribution is 0.0791. The van der Waals surface area contributed by atoms with Crippen molar-refractivity contribution in [1.82, 2.24) is 10.1 Å². The fraction of sp³-hybridized carbons (Fsp3) is 0.222. The molecule has 0 atom stereocenters. The summed E-state index contributed by atoms with van der Waals surface area (Å²) < 4.78 is 5.06. The van der Waals surface area contributed by atoms with Crippen molar-refractivity contribution in [3.8, 4) is 11.8 Å². The van der Waals surface area contributed by atoms with Crippen LogP contribution in [0.5, 0.6) is 0 Å². The molecule has 2 aromatic rings. The molecule has 0 aliphatic carbocycles. The van der Waals surface area contributed by atoms with Crippen LogP contribution in [0.25, 0.3) is 0 Å². The number of carbonyl (C=O) groups excluding carboxylic acids is 1. The summed E-state index contributed by atoms with van der Waals surface area (Å²) in [4.78, 5) is 14.2. The van der Waals surface area contributed by atoms with Gasteiger partial charge in [0, 0.05) is 12.1 Å². The maximum absolute atomic E-state index is 12.6. The third-order valence-electron chi connectivity index (χ3n) is 3.16. The minimum Gasteiger partial charge on any atom is -0.361 e. The number of aryl methyl sites for hydroxylation is 2. The SMILES string of the molecule is C=CCN(CC#Cc1ccccc1)C(=O)c1c(C)noc1C. The highest BCUT2D eigenvalue weighted by Crippen LogP contribution is 2.15. The number of nitrogens with zero attached hydrogens (tertiary/aromatic N) is 2. The minimum absolute atomic E-state index is 0.140. The highest BCUT2D eigenvalue weighted by atomic mass is 16.5. The molecule has 0 unspecified atom stereocenters. The van der Waals surface area contributed by atoms with E-state index in [1.54, 1.807) is 24.8 Å². The number of carbonyl (C=O) groups is 1. The molecule has 0 saturated heterocycles. The van der Waals surface area contributed by atoms with Gasteiger partial charge in [-0.25, -0.2) is 0 Å². The summed E-state index contributed by atoms with van der Waals surface area (Å²) in [6.45, 7) is 7.93. The second kappa shape index (κ2) is 7.28. The Morgan fingerprint density at radius 2 is 2.09 bits per heavy atom. The summed E-state index contributed by atoms with van der Waals surface area (Å²) in [6.07, 6.45) is 1.68. The van der Waals surface area contributed by atoms with E-state index in [1.165, 1.54) is 0 Å². The number of rotatable bonds is 4. The summed E-state index contributed by atoms with van der Waals surface area (Å²) in [5.41, 5.74) is 2.02. The molecule has 112 valence electrons. The fourth-order valence-electron chi connectivity index (χ4n) is 2.08. The van der Waals surface area contributed by atoms with Crippen molar-refractivity contribution < 1.29 is 9.32 Å². The Kier molecular flexibility index (Phi) is 5.16. The van der Waals surface area contributed by atoms with Crippen LogP contribution in [0.4, 0.5) is 0 Å². The van der Waals surface area contributed by atoms with Crippen LogP contribution in [0.15, 0.2) is 47.5 Å². The standard InChI is InChI=1S/C18H18N2O2/c1-4-12-20(13-8-11-16-9-6-5-7-10-16)18(21)17-14(2)19-22-15(17)3/h4-7,9-10H,1,12-13H2,2-3H3. The van der Waals surface area contributed by atoms with Gasteiger partial charge < -0.3 is 9.42 Å². The predicted octanol–water partition coefficient (Wildman–Crippen LogP) is 2.97. The van der Waals surface area contributed by atoms with Gasteiger partial charge in [0.15, 0.2) is 0 Å². The van der Waals surface area contributed by atoms with Gasteiger partial charge in [0.05, 0.1) is 12.2 Å². The van der Waals surface area contributed by atoms with Gasteiger partial charge in [-0.1, -0.05) is 41.3 Å². The average molecular weight is 294 g/mol. The molecular weight excluding hydrogens is 276 g/mol. The Balaban J connectivity index is 2.15. The zero-order valence-electron chi connectivity index (χ0n) is 12.8. The molecule has 1 aromatic heterocycles. The Morgan fingerprint density at radius 1 is 1.36 bits per heavy atom. The van der Waals surface area contributed by atoms with E-state index in [4.69, 9.17) is 4.52 Å². The van der Waals surface area contributed by atoms with E-state index in [1.807, 2.05) is 30.3 Å². The van der Waals surface area contributed by atoms with Crippen LogP contribution < -0.4 is 0 Å². The van der Waals surface area contributed by atoms with Crippen molar-refractivity contribution in [3.05, 3.63) is 65.6 Å². The van der Waals surface area contributed by atoms with Crippen molar-refractivity contribution in [3.63, 3.8) is 0 Å². The molecule has 1 heterocycles. The predicted molar refractivity (Wildman–Crippen MR) is 85.4 cm³/mol. The lowest BCUT2D eigenvalue weighted by Crippen LogP contribution is -2.32. The molecule has 0 aliphatic rings. The smallest absolute Gasteiger partial charge is 0.260 e. The van der Waals surface area contributed by atoms with E-state index < -0.39 is 0 Å². The van der Waals surface area contributed by atoms with Crippen LogP contribution in [0, 0.1) is 25.7 Å². The zero-order valence-corrected chi connectivity index (χ0v) is 12.8. The van der Waals surface area contributed by atoms with E-state index in [0.717, 1.165) is 5.56 Å². The van der Waals surface area contributed by atoms with Crippen molar-refractivity contribution in [1.29, 1.82) is 0 Å². The van der Waals surface area contributed by atoms with Gasteiger partial charge in [0.25, 0.3) is 5.91 Å². The zero-order chi connectivity index (χ0) is 15.9. The van der Waals surface area contributed by atoms with Gasteiger partial charge in [0.2, 0.25) is 0 Å². The Morgan fingerprint density at radius 3 is 2.68 bits per heavy atom. The first kappa shape index (κ1) is 15.6. The van der Waals surface area contributed by atoms with E-state index in [9.17, 15) is 4.79 Å². The molecule has 1 aromatic carbocycles. The first-order valence-corrected chi connectivity index (χ1v) is 7.00. The molecule has 0 aliphatic heterocycles. The summed E-state index contributed by atoms with van der Waals surface area (Å²) in [6, 6.07) is 9.67. The molecule has 0 saturated carbocycles. The van der Waals surface area contributed by atoms with E-state index in [2.05, 4.69) is 23.6 Å². The van der Waals surface area contributed by atoms with Gasteiger partial charge in [-0.15, -0.1) is 6.58 Å². The van der Waals surface area contributed by atoms with Crippen molar-refractivity contribution in [2.45, 2.75) is 13.8 Å². The Hall–Kier alpha value is -2.80. The molecule has 0 spiro atoms. The molecule has 22 heavy (non-hydrogen) atoms. The van der Waals surface area contributed by atoms with Crippen LogP contribution in [0.1, 0.15) is 27.4 Å². The molecule has 0 bridgehead atoms. The van der Waals surface area contributed by atoms with Crippen LogP contribution >= 0.6 is 0 Å². The lowest BCUT2D eigenvalue weighted by Gasteiger charge is -2.17. The topological polar surface area (TPSA) is 46.3 Å². The fourth-order valence-corrected chi connectivity index (χ4v) is 2.08. The number of benzene rings is 1. The number of hydrogen-bond acceptors (Lipinski definition) is 3. The van der Waals surface area contributed by atoms with Gasteiger partial charge in [-0.3, -0.25) is 4.79 Å². The molecule has 0 fully saturated rings. The number of amides is 1. The van der Waals surface area contributed by atoms with Crippen LogP contribution in [-0.2, 0) is 0 Å². The van der Waals surface area contributed by atoms with Gasteiger partial charge in [-0.2, -0.15) is 0 Å². The van der Waals surface area contributed by atoms with Gasteiger partial charge in [-0.05, 0) is 26.0 Å². The van der Waals surface area contributed by atoms with Gasteiger partial charge in [0.1, 0.15) is 11.3 Å². The largest absolute Gasteiger partial charge is 0.361 e. The average Bonchev–Trinajstić information content (AvgIpc) is 2.86. The first-order chi connectivity index (χ1) is 10.6. The van der Waals surface area contributed by atoms with Crippen molar-refractivity contribution in [2.75, 3.05) is 13.1 Å². The second-order valence-electron chi connectivity index (χ2n) is 4.84. The van der Waals surface area contributed by atoms with Gasteiger partial charge >= 0.3 is 0 Å². The number of hydrogen-bond donors (Lipinski definition) is 0. The van der Waals surface area contributed by atoms with Crippen LogP contribution in [-0.4, -0.2) is 29.1 Å². The van der Waals surface area contributed by atoms with E-state index >= 15 is 0 Å². The summed E-state index contributed by atoms with van der Waals surface area (Å²) in [7, 11) is 0. The lowest BCUT2D eigenvalue weighted by atomic mass is 10.1. The molecule has 0 radical (unpaired) electrons. The molecule has 4 nitrogen and oxygen atoms in total. The minimum atomic E-state index is -0.140. The Labute approximate surface area is 130 Å². The molecule has 1 amide bonds.